The van der Waals surface area contributed by atoms with Gasteiger partial charge in [-0.1, -0.05) is 0 Å². The van der Waals surface area contributed by atoms with Crippen LogP contribution in [-0.4, -0.2) is 24.0 Å². The molecule has 14 heavy (non-hydrogen) atoms. The summed E-state index contributed by atoms with van der Waals surface area (Å²) in [6.45, 7) is 7.28. The molecule has 0 aromatic heterocycles. The molecule has 1 spiro atoms. The molecule has 1 fully saturated rings. The van der Waals surface area contributed by atoms with Gasteiger partial charge in [0.2, 0.25) is 5.78 Å². The summed E-state index contributed by atoms with van der Waals surface area (Å²) in [6.07, 6.45) is -0.300. The average molecular weight is 198 g/mol. The number of carbonyl (C=O) groups is 1. The van der Waals surface area contributed by atoms with E-state index >= 15 is 0 Å². The molecule has 1 heterocycles. The first kappa shape index (κ1) is 9.68. The standard InChI is InChI=1S/C10H14O4/c1-5(2)12-9-6(3)8(11)10(9)13-7(4)14-10/h5,7H,1-4H3. The Morgan fingerprint density at radius 3 is 2.43 bits per heavy atom. The van der Waals surface area contributed by atoms with E-state index in [9.17, 15) is 4.79 Å². The van der Waals surface area contributed by atoms with Gasteiger partial charge in [0.15, 0.2) is 12.0 Å². The smallest absolute Gasteiger partial charge is 0.298 e. The Kier molecular flexibility index (Phi) is 1.94. The van der Waals surface area contributed by atoms with Gasteiger partial charge in [0, 0.05) is 5.57 Å². The van der Waals surface area contributed by atoms with Crippen LogP contribution in [0.2, 0.25) is 0 Å². The van der Waals surface area contributed by atoms with Gasteiger partial charge in [-0.2, -0.15) is 0 Å². The summed E-state index contributed by atoms with van der Waals surface area (Å²) >= 11 is 0. The number of hydrogen-bond donors (Lipinski definition) is 0. The highest BCUT2D eigenvalue weighted by molar-refractivity contribution is 6.10. The summed E-state index contributed by atoms with van der Waals surface area (Å²) in [5.41, 5.74) is 0.602. The number of ketones is 1. The Morgan fingerprint density at radius 2 is 2.00 bits per heavy atom. The molecule has 4 nitrogen and oxygen atoms in total. The number of hydrogen-bond acceptors (Lipinski definition) is 4. The van der Waals surface area contributed by atoms with Crippen molar-refractivity contribution in [1.82, 2.24) is 0 Å². The van der Waals surface area contributed by atoms with Crippen molar-refractivity contribution in [2.45, 2.75) is 45.9 Å². The molecule has 0 atom stereocenters. The second kappa shape index (κ2) is 2.81. The summed E-state index contributed by atoms with van der Waals surface area (Å²) in [7, 11) is 0. The molecule has 78 valence electrons. The molecule has 0 amide bonds. The molecule has 0 radical (unpaired) electrons. The van der Waals surface area contributed by atoms with Crippen molar-refractivity contribution in [2.75, 3.05) is 0 Å². The molecular formula is C10H14O4. The monoisotopic (exact) mass is 198 g/mol. The summed E-state index contributed by atoms with van der Waals surface area (Å²) in [5, 5.41) is 0. The number of ether oxygens (including phenoxy) is 3. The number of carbonyl (C=O) groups excluding carboxylic acids is 1. The van der Waals surface area contributed by atoms with Crippen LogP contribution in [-0.2, 0) is 19.0 Å². The SMILES string of the molecule is CC1=C(OC(C)C)C2(OC(C)O2)C1=O. The quantitative estimate of drug-likeness (QED) is 0.672. The van der Waals surface area contributed by atoms with Crippen LogP contribution in [0.1, 0.15) is 27.7 Å². The van der Waals surface area contributed by atoms with E-state index in [0.717, 1.165) is 0 Å². The fourth-order valence-electron chi connectivity index (χ4n) is 1.73. The van der Waals surface area contributed by atoms with Gasteiger partial charge in [-0.3, -0.25) is 4.79 Å². The van der Waals surface area contributed by atoms with Crippen molar-refractivity contribution >= 4 is 5.78 Å². The van der Waals surface area contributed by atoms with Crippen molar-refractivity contribution in [1.29, 1.82) is 0 Å². The van der Waals surface area contributed by atoms with Crippen molar-refractivity contribution in [3.05, 3.63) is 11.3 Å². The van der Waals surface area contributed by atoms with Crippen LogP contribution >= 0.6 is 0 Å². The van der Waals surface area contributed by atoms with E-state index < -0.39 is 5.79 Å². The topological polar surface area (TPSA) is 44.8 Å². The maximum Gasteiger partial charge on any atom is 0.298 e. The van der Waals surface area contributed by atoms with Crippen LogP contribution in [0.15, 0.2) is 11.3 Å². The van der Waals surface area contributed by atoms with Gasteiger partial charge in [0.1, 0.15) is 0 Å². The second-order valence-corrected chi connectivity index (χ2v) is 3.87. The maximum absolute atomic E-state index is 11.5. The Morgan fingerprint density at radius 1 is 1.43 bits per heavy atom. The molecule has 0 N–H and O–H groups in total. The molecule has 0 aromatic carbocycles. The summed E-state index contributed by atoms with van der Waals surface area (Å²) in [4.78, 5) is 11.5. The van der Waals surface area contributed by atoms with E-state index in [1.165, 1.54) is 0 Å². The minimum atomic E-state index is -1.19. The molecule has 2 rings (SSSR count). The van der Waals surface area contributed by atoms with Crippen LogP contribution in [0.3, 0.4) is 0 Å². The lowest BCUT2D eigenvalue weighted by Crippen LogP contribution is -2.65. The minimum Gasteiger partial charge on any atom is -0.489 e. The second-order valence-electron chi connectivity index (χ2n) is 3.87. The highest BCUT2D eigenvalue weighted by Gasteiger charge is 2.64. The van der Waals surface area contributed by atoms with E-state index in [4.69, 9.17) is 14.2 Å². The van der Waals surface area contributed by atoms with Gasteiger partial charge < -0.3 is 14.2 Å². The van der Waals surface area contributed by atoms with Crippen molar-refractivity contribution < 1.29 is 19.0 Å². The lowest BCUT2D eigenvalue weighted by atomic mass is 9.86. The predicted octanol–water partition coefficient (Wildman–Crippen LogP) is 1.36. The lowest BCUT2D eigenvalue weighted by molar-refractivity contribution is -0.420. The Labute approximate surface area is 82.8 Å². The van der Waals surface area contributed by atoms with Gasteiger partial charge in [-0.15, -0.1) is 0 Å². The largest absolute Gasteiger partial charge is 0.489 e. The molecular weight excluding hydrogens is 184 g/mol. The minimum absolute atomic E-state index is 0.0213. The van der Waals surface area contributed by atoms with E-state index in [1.54, 1.807) is 13.8 Å². The molecule has 2 aliphatic rings. The van der Waals surface area contributed by atoms with Crippen molar-refractivity contribution in [3.8, 4) is 0 Å². The number of Topliss-reactive ketones (excluding diaryl/α,β-unsaturated/α-hetero) is 1. The summed E-state index contributed by atoms with van der Waals surface area (Å²) in [5.74, 6) is -0.768. The number of rotatable bonds is 2. The van der Waals surface area contributed by atoms with Crippen LogP contribution in [0, 0.1) is 0 Å². The third kappa shape index (κ3) is 1.04. The average Bonchev–Trinajstić information content (AvgIpc) is 2.08. The fourth-order valence-corrected chi connectivity index (χ4v) is 1.73. The molecule has 0 bridgehead atoms. The summed E-state index contributed by atoms with van der Waals surface area (Å²) in [6, 6.07) is 0. The van der Waals surface area contributed by atoms with Gasteiger partial charge in [0.25, 0.3) is 5.79 Å². The molecule has 1 saturated heterocycles. The predicted molar refractivity (Wildman–Crippen MR) is 48.3 cm³/mol. The van der Waals surface area contributed by atoms with Crippen LogP contribution in [0.5, 0.6) is 0 Å². The van der Waals surface area contributed by atoms with Crippen molar-refractivity contribution in [3.63, 3.8) is 0 Å². The van der Waals surface area contributed by atoms with E-state index in [1.807, 2.05) is 13.8 Å². The lowest BCUT2D eigenvalue weighted by Gasteiger charge is -2.50. The van der Waals surface area contributed by atoms with Gasteiger partial charge in [-0.25, -0.2) is 0 Å². The first-order chi connectivity index (χ1) is 6.47. The zero-order valence-electron chi connectivity index (χ0n) is 8.79. The zero-order chi connectivity index (χ0) is 10.5. The van der Waals surface area contributed by atoms with Gasteiger partial charge >= 0.3 is 0 Å². The van der Waals surface area contributed by atoms with Crippen LogP contribution in [0.25, 0.3) is 0 Å². The molecule has 1 aliphatic heterocycles. The molecule has 1 aliphatic carbocycles. The van der Waals surface area contributed by atoms with Gasteiger partial charge in [0.05, 0.1) is 6.10 Å². The normalized spacial score (nSPS) is 36.1. The highest BCUT2D eigenvalue weighted by atomic mass is 16.9. The van der Waals surface area contributed by atoms with Crippen LogP contribution < -0.4 is 0 Å². The summed E-state index contributed by atoms with van der Waals surface area (Å²) < 4.78 is 16.1. The fraction of sp³-hybridized carbons (Fsp3) is 0.700. The van der Waals surface area contributed by atoms with Crippen molar-refractivity contribution in [2.24, 2.45) is 0 Å². The van der Waals surface area contributed by atoms with E-state index in [2.05, 4.69) is 0 Å². The Bertz CT molecular complexity index is 310. The van der Waals surface area contributed by atoms with Crippen LogP contribution in [0.4, 0.5) is 0 Å². The van der Waals surface area contributed by atoms with E-state index in [0.29, 0.717) is 11.3 Å². The molecule has 0 unspecified atom stereocenters. The highest BCUT2D eigenvalue weighted by Crippen LogP contribution is 2.47. The first-order valence-corrected chi connectivity index (χ1v) is 4.76. The Hall–Kier alpha value is -0.870. The maximum atomic E-state index is 11.5. The van der Waals surface area contributed by atoms with Gasteiger partial charge in [-0.05, 0) is 27.7 Å². The molecule has 4 heteroatoms. The molecule has 0 saturated carbocycles. The Balaban J connectivity index is 2.18. The van der Waals surface area contributed by atoms with E-state index in [-0.39, 0.29) is 18.2 Å². The third-order valence-corrected chi connectivity index (χ3v) is 2.30. The molecule has 0 aromatic rings. The first-order valence-electron chi connectivity index (χ1n) is 4.76. The third-order valence-electron chi connectivity index (χ3n) is 2.30. The zero-order valence-corrected chi connectivity index (χ0v) is 8.79.